The minimum atomic E-state index is -0.190. The number of hydrogen-bond donors (Lipinski definition) is 1. The monoisotopic (exact) mass is 190 g/mol. The van der Waals surface area contributed by atoms with Gasteiger partial charge in [0.1, 0.15) is 0 Å². The number of amides is 1. The van der Waals surface area contributed by atoms with Crippen molar-refractivity contribution in [2.24, 2.45) is 5.73 Å². The number of likely N-dealkylation sites (tertiary alicyclic amines) is 1. The highest BCUT2D eigenvalue weighted by atomic mass is 16.2. The lowest BCUT2D eigenvalue weighted by atomic mass is 9.93. The molecular weight excluding hydrogens is 176 g/mol. The van der Waals surface area contributed by atoms with Gasteiger partial charge in [-0.2, -0.15) is 0 Å². The van der Waals surface area contributed by atoms with Crippen LogP contribution in [0.15, 0.2) is 30.3 Å². The molecule has 0 atom stereocenters. The number of nitrogens with zero attached hydrogens (tertiary/aromatic N) is 1. The van der Waals surface area contributed by atoms with Crippen molar-refractivity contribution in [3.05, 3.63) is 35.9 Å². The van der Waals surface area contributed by atoms with Gasteiger partial charge in [-0.3, -0.25) is 4.79 Å². The van der Waals surface area contributed by atoms with E-state index in [9.17, 15) is 4.79 Å². The van der Waals surface area contributed by atoms with E-state index in [-0.39, 0.29) is 11.4 Å². The van der Waals surface area contributed by atoms with Crippen LogP contribution in [0.25, 0.3) is 0 Å². The van der Waals surface area contributed by atoms with Crippen molar-refractivity contribution in [1.29, 1.82) is 0 Å². The van der Waals surface area contributed by atoms with Crippen molar-refractivity contribution in [2.45, 2.75) is 12.5 Å². The molecule has 1 aliphatic rings. The molecule has 3 nitrogen and oxygen atoms in total. The van der Waals surface area contributed by atoms with Crippen LogP contribution in [0.2, 0.25) is 0 Å². The van der Waals surface area contributed by atoms with E-state index in [0.29, 0.717) is 13.1 Å². The van der Waals surface area contributed by atoms with Gasteiger partial charge in [0.05, 0.1) is 0 Å². The van der Waals surface area contributed by atoms with Crippen LogP contribution in [0, 0.1) is 0 Å². The second kappa shape index (κ2) is 3.10. The molecule has 2 N–H and O–H groups in total. The van der Waals surface area contributed by atoms with E-state index in [4.69, 9.17) is 5.73 Å². The van der Waals surface area contributed by atoms with Crippen molar-refractivity contribution in [3.63, 3.8) is 0 Å². The lowest BCUT2D eigenvalue weighted by Crippen LogP contribution is -2.66. The Hall–Kier alpha value is -1.35. The molecular formula is C11H14N2O. The summed E-state index contributed by atoms with van der Waals surface area (Å²) in [5, 5.41) is 0. The van der Waals surface area contributed by atoms with Crippen LogP contribution < -0.4 is 5.73 Å². The summed E-state index contributed by atoms with van der Waals surface area (Å²) in [4.78, 5) is 13.6. The molecule has 74 valence electrons. The Morgan fingerprint density at radius 1 is 1.36 bits per heavy atom. The van der Waals surface area contributed by atoms with Crippen LogP contribution in [0.5, 0.6) is 0 Å². The number of hydrogen-bond acceptors (Lipinski definition) is 2. The van der Waals surface area contributed by atoms with Gasteiger partial charge in [-0.05, 0) is 19.1 Å². The minimum Gasteiger partial charge on any atom is -0.335 e. The number of rotatable bonds is 1. The second-order valence-electron chi connectivity index (χ2n) is 4.18. The molecule has 1 heterocycles. The van der Waals surface area contributed by atoms with Crippen molar-refractivity contribution in [3.8, 4) is 0 Å². The van der Waals surface area contributed by atoms with E-state index in [2.05, 4.69) is 0 Å². The highest BCUT2D eigenvalue weighted by Crippen LogP contribution is 2.19. The van der Waals surface area contributed by atoms with Crippen molar-refractivity contribution in [1.82, 2.24) is 4.90 Å². The van der Waals surface area contributed by atoms with Crippen LogP contribution in [0.4, 0.5) is 0 Å². The molecule has 3 heteroatoms. The van der Waals surface area contributed by atoms with Crippen molar-refractivity contribution < 1.29 is 4.79 Å². The van der Waals surface area contributed by atoms with Crippen LogP contribution in [-0.4, -0.2) is 29.4 Å². The number of carbonyl (C=O) groups excluding carboxylic acids is 1. The fourth-order valence-corrected chi connectivity index (χ4v) is 1.73. The molecule has 1 saturated heterocycles. The summed E-state index contributed by atoms with van der Waals surface area (Å²) in [7, 11) is 0. The Morgan fingerprint density at radius 2 is 1.93 bits per heavy atom. The van der Waals surface area contributed by atoms with Gasteiger partial charge in [0.25, 0.3) is 5.91 Å². The van der Waals surface area contributed by atoms with E-state index >= 15 is 0 Å². The van der Waals surface area contributed by atoms with Crippen LogP contribution >= 0.6 is 0 Å². The lowest BCUT2D eigenvalue weighted by molar-refractivity contribution is 0.0454. The quantitative estimate of drug-likeness (QED) is 0.714. The highest BCUT2D eigenvalue weighted by molar-refractivity contribution is 5.94. The number of benzene rings is 1. The Balaban J connectivity index is 2.05. The summed E-state index contributed by atoms with van der Waals surface area (Å²) >= 11 is 0. The Morgan fingerprint density at radius 3 is 2.43 bits per heavy atom. The van der Waals surface area contributed by atoms with E-state index < -0.39 is 0 Å². The smallest absolute Gasteiger partial charge is 0.253 e. The minimum absolute atomic E-state index is 0.0773. The molecule has 0 unspecified atom stereocenters. The standard InChI is InChI=1S/C11H14N2O/c1-11(12)7-13(8-11)10(14)9-5-3-2-4-6-9/h2-6H,7-8,12H2,1H3. The van der Waals surface area contributed by atoms with Crippen LogP contribution in [0.1, 0.15) is 17.3 Å². The highest BCUT2D eigenvalue weighted by Gasteiger charge is 2.37. The van der Waals surface area contributed by atoms with Gasteiger partial charge in [0.15, 0.2) is 0 Å². The van der Waals surface area contributed by atoms with E-state index in [1.165, 1.54) is 0 Å². The zero-order chi connectivity index (χ0) is 10.2. The lowest BCUT2D eigenvalue weighted by Gasteiger charge is -2.45. The fraction of sp³-hybridized carbons (Fsp3) is 0.364. The summed E-state index contributed by atoms with van der Waals surface area (Å²) < 4.78 is 0. The molecule has 0 spiro atoms. The molecule has 0 bridgehead atoms. The van der Waals surface area contributed by atoms with Gasteiger partial charge in [-0.25, -0.2) is 0 Å². The topological polar surface area (TPSA) is 46.3 Å². The van der Waals surface area contributed by atoms with Gasteiger partial charge >= 0.3 is 0 Å². The molecule has 1 aromatic rings. The maximum atomic E-state index is 11.8. The van der Waals surface area contributed by atoms with Gasteiger partial charge < -0.3 is 10.6 Å². The SMILES string of the molecule is CC1(N)CN(C(=O)c2ccccc2)C1. The summed E-state index contributed by atoms with van der Waals surface area (Å²) in [6, 6.07) is 9.30. The summed E-state index contributed by atoms with van der Waals surface area (Å²) in [5.74, 6) is 0.0773. The average Bonchev–Trinajstić information content (AvgIpc) is 2.14. The number of carbonyl (C=O) groups is 1. The van der Waals surface area contributed by atoms with Gasteiger partial charge in [-0.15, -0.1) is 0 Å². The predicted octanol–water partition coefficient (Wildman–Crippen LogP) is 0.860. The summed E-state index contributed by atoms with van der Waals surface area (Å²) in [5.41, 5.74) is 6.38. The molecule has 0 aromatic heterocycles. The van der Waals surface area contributed by atoms with Crippen molar-refractivity contribution in [2.75, 3.05) is 13.1 Å². The third-order valence-corrected chi connectivity index (χ3v) is 2.41. The van der Waals surface area contributed by atoms with Crippen LogP contribution in [0.3, 0.4) is 0 Å². The third-order valence-electron chi connectivity index (χ3n) is 2.41. The van der Waals surface area contributed by atoms with Crippen molar-refractivity contribution >= 4 is 5.91 Å². The normalized spacial score (nSPS) is 18.9. The maximum Gasteiger partial charge on any atom is 0.253 e. The number of nitrogens with two attached hydrogens (primary N) is 1. The molecule has 14 heavy (non-hydrogen) atoms. The predicted molar refractivity (Wildman–Crippen MR) is 54.9 cm³/mol. The maximum absolute atomic E-state index is 11.8. The molecule has 1 fully saturated rings. The molecule has 0 radical (unpaired) electrons. The Kier molecular flexibility index (Phi) is 2.04. The molecule has 2 rings (SSSR count). The average molecular weight is 190 g/mol. The molecule has 1 aromatic carbocycles. The van der Waals surface area contributed by atoms with Gasteiger partial charge in [0.2, 0.25) is 0 Å². The third kappa shape index (κ3) is 1.63. The molecule has 1 aliphatic heterocycles. The summed E-state index contributed by atoms with van der Waals surface area (Å²) in [6.45, 7) is 3.27. The molecule has 0 saturated carbocycles. The van der Waals surface area contributed by atoms with E-state index in [1.54, 1.807) is 4.90 Å². The molecule has 1 amide bonds. The largest absolute Gasteiger partial charge is 0.335 e. The first-order valence-corrected chi connectivity index (χ1v) is 4.72. The fourth-order valence-electron chi connectivity index (χ4n) is 1.73. The first-order chi connectivity index (χ1) is 6.58. The zero-order valence-electron chi connectivity index (χ0n) is 8.23. The second-order valence-corrected chi connectivity index (χ2v) is 4.18. The first kappa shape index (κ1) is 9.21. The van der Waals surface area contributed by atoms with Crippen LogP contribution in [-0.2, 0) is 0 Å². The Bertz CT molecular complexity index is 338. The van der Waals surface area contributed by atoms with E-state index in [0.717, 1.165) is 5.56 Å². The van der Waals surface area contributed by atoms with Gasteiger partial charge in [-0.1, -0.05) is 18.2 Å². The Labute approximate surface area is 83.5 Å². The van der Waals surface area contributed by atoms with E-state index in [1.807, 2.05) is 37.3 Å². The van der Waals surface area contributed by atoms with Gasteiger partial charge in [0, 0.05) is 24.2 Å². The first-order valence-electron chi connectivity index (χ1n) is 4.72. The molecule has 0 aliphatic carbocycles. The zero-order valence-corrected chi connectivity index (χ0v) is 8.23. The summed E-state index contributed by atoms with van der Waals surface area (Å²) in [6.07, 6.45) is 0.